The van der Waals surface area contributed by atoms with Crippen LogP contribution in [0, 0.1) is 5.95 Å². The molecule has 0 aliphatic carbocycles. The standard InChI is InChI=1S/C13H10BrFN2O/c14-8-9-4-6-10(7-5-9)13(18)17-12-3-1-2-11(15)16-12/h1-7H,8H2,(H,16,17,18). The fourth-order valence-electron chi connectivity index (χ4n) is 1.41. The van der Waals surface area contributed by atoms with Crippen LogP contribution in [0.2, 0.25) is 0 Å². The zero-order valence-corrected chi connectivity index (χ0v) is 10.9. The van der Waals surface area contributed by atoms with Gasteiger partial charge in [0, 0.05) is 10.9 Å². The van der Waals surface area contributed by atoms with Crippen molar-refractivity contribution in [1.29, 1.82) is 0 Å². The first-order valence-electron chi connectivity index (χ1n) is 5.28. The highest BCUT2D eigenvalue weighted by Crippen LogP contribution is 2.10. The number of nitrogens with one attached hydrogen (secondary N) is 1. The molecule has 1 aromatic carbocycles. The minimum atomic E-state index is -0.623. The number of hydrogen-bond donors (Lipinski definition) is 1. The Balaban J connectivity index is 2.11. The van der Waals surface area contributed by atoms with Gasteiger partial charge in [0.05, 0.1) is 0 Å². The van der Waals surface area contributed by atoms with Gasteiger partial charge in [-0.05, 0) is 29.8 Å². The molecule has 0 atom stereocenters. The molecule has 5 heteroatoms. The Hall–Kier alpha value is -1.75. The Kier molecular flexibility index (Phi) is 4.04. The molecule has 2 aromatic rings. The molecular weight excluding hydrogens is 299 g/mol. The third-order valence-electron chi connectivity index (χ3n) is 2.33. The summed E-state index contributed by atoms with van der Waals surface area (Å²) in [6.45, 7) is 0. The van der Waals surface area contributed by atoms with E-state index in [2.05, 4.69) is 26.2 Å². The SMILES string of the molecule is O=C(Nc1cccc(F)n1)c1ccc(CBr)cc1. The molecule has 0 aliphatic heterocycles. The number of nitrogens with zero attached hydrogens (tertiary/aromatic N) is 1. The van der Waals surface area contributed by atoms with Gasteiger partial charge in [0.25, 0.3) is 5.91 Å². The predicted molar refractivity (Wildman–Crippen MR) is 71.2 cm³/mol. The normalized spacial score (nSPS) is 10.1. The summed E-state index contributed by atoms with van der Waals surface area (Å²) in [6.07, 6.45) is 0. The van der Waals surface area contributed by atoms with Crippen LogP contribution < -0.4 is 5.32 Å². The number of alkyl halides is 1. The summed E-state index contributed by atoms with van der Waals surface area (Å²) in [6, 6.07) is 11.4. The van der Waals surface area contributed by atoms with Crippen molar-refractivity contribution in [2.24, 2.45) is 0 Å². The minimum Gasteiger partial charge on any atom is -0.306 e. The summed E-state index contributed by atoms with van der Waals surface area (Å²) in [5, 5.41) is 3.27. The molecule has 0 fully saturated rings. The van der Waals surface area contributed by atoms with E-state index in [9.17, 15) is 9.18 Å². The Bertz CT molecular complexity index is 557. The van der Waals surface area contributed by atoms with E-state index in [1.165, 1.54) is 18.2 Å². The van der Waals surface area contributed by atoms with Crippen LogP contribution in [0.15, 0.2) is 42.5 Å². The second kappa shape index (κ2) is 5.73. The first-order valence-corrected chi connectivity index (χ1v) is 6.40. The average molecular weight is 309 g/mol. The summed E-state index contributed by atoms with van der Waals surface area (Å²) in [4.78, 5) is 15.4. The van der Waals surface area contributed by atoms with Gasteiger partial charge < -0.3 is 5.32 Å². The smallest absolute Gasteiger partial charge is 0.256 e. The van der Waals surface area contributed by atoms with Gasteiger partial charge in [-0.25, -0.2) is 4.98 Å². The van der Waals surface area contributed by atoms with Crippen LogP contribution in [0.5, 0.6) is 0 Å². The number of amides is 1. The van der Waals surface area contributed by atoms with Crippen molar-refractivity contribution in [1.82, 2.24) is 4.98 Å². The molecule has 18 heavy (non-hydrogen) atoms. The average Bonchev–Trinajstić information content (AvgIpc) is 2.39. The van der Waals surface area contributed by atoms with Crippen LogP contribution in [0.25, 0.3) is 0 Å². The lowest BCUT2D eigenvalue weighted by molar-refractivity contribution is 0.102. The fourth-order valence-corrected chi connectivity index (χ4v) is 1.79. The molecule has 0 spiro atoms. The third kappa shape index (κ3) is 3.13. The van der Waals surface area contributed by atoms with E-state index in [0.717, 1.165) is 10.9 Å². The highest BCUT2D eigenvalue weighted by Gasteiger charge is 2.06. The molecule has 1 N–H and O–H groups in total. The molecule has 0 radical (unpaired) electrons. The van der Waals surface area contributed by atoms with Crippen molar-refractivity contribution < 1.29 is 9.18 Å². The Labute approximate surface area is 112 Å². The molecule has 3 nitrogen and oxygen atoms in total. The second-order valence-corrected chi connectivity index (χ2v) is 4.19. The number of carbonyl (C=O) groups excluding carboxylic acids is 1. The number of carbonyl (C=O) groups is 1. The lowest BCUT2D eigenvalue weighted by Crippen LogP contribution is -2.13. The molecular formula is C13H10BrFN2O. The first kappa shape index (κ1) is 12.7. The lowest BCUT2D eigenvalue weighted by Gasteiger charge is -2.04. The van der Waals surface area contributed by atoms with Crippen molar-refractivity contribution in [3.63, 3.8) is 0 Å². The largest absolute Gasteiger partial charge is 0.306 e. The van der Waals surface area contributed by atoms with Gasteiger partial charge in [0.2, 0.25) is 5.95 Å². The number of anilines is 1. The van der Waals surface area contributed by atoms with Gasteiger partial charge in [0.1, 0.15) is 5.82 Å². The van der Waals surface area contributed by atoms with Gasteiger partial charge in [-0.1, -0.05) is 34.1 Å². The maximum Gasteiger partial charge on any atom is 0.256 e. The number of rotatable bonds is 3. The summed E-state index contributed by atoms with van der Waals surface area (Å²) < 4.78 is 12.9. The highest BCUT2D eigenvalue weighted by atomic mass is 79.9. The summed E-state index contributed by atoms with van der Waals surface area (Å²) >= 11 is 3.33. The molecule has 92 valence electrons. The van der Waals surface area contributed by atoms with Crippen molar-refractivity contribution in [2.45, 2.75) is 5.33 Å². The zero-order valence-electron chi connectivity index (χ0n) is 9.36. The number of aromatic nitrogens is 1. The van der Waals surface area contributed by atoms with E-state index >= 15 is 0 Å². The Morgan fingerprint density at radius 1 is 1.22 bits per heavy atom. The van der Waals surface area contributed by atoms with Gasteiger partial charge in [0.15, 0.2) is 0 Å². The Morgan fingerprint density at radius 2 is 1.94 bits per heavy atom. The molecule has 0 unspecified atom stereocenters. The van der Waals surface area contributed by atoms with Crippen molar-refractivity contribution in [3.05, 3.63) is 59.5 Å². The van der Waals surface area contributed by atoms with Crippen LogP contribution in [-0.2, 0) is 5.33 Å². The zero-order chi connectivity index (χ0) is 13.0. The molecule has 0 bridgehead atoms. The van der Waals surface area contributed by atoms with Crippen LogP contribution >= 0.6 is 15.9 Å². The minimum absolute atomic E-state index is 0.199. The molecule has 0 saturated carbocycles. The van der Waals surface area contributed by atoms with E-state index < -0.39 is 5.95 Å². The molecule has 0 aliphatic rings. The van der Waals surface area contributed by atoms with Crippen LogP contribution in [-0.4, -0.2) is 10.9 Å². The van der Waals surface area contributed by atoms with Crippen LogP contribution in [0.4, 0.5) is 10.2 Å². The van der Waals surface area contributed by atoms with E-state index in [0.29, 0.717) is 5.56 Å². The summed E-state index contributed by atoms with van der Waals surface area (Å²) in [5.74, 6) is -0.735. The van der Waals surface area contributed by atoms with E-state index in [1.54, 1.807) is 12.1 Å². The van der Waals surface area contributed by atoms with E-state index in [1.807, 2.05) is 12.1 Å². The van der Waals surface area contributed by atoms with E-state index in [-0.39, 0.29) is 11.7 Å². The first-order chi connectivity index (χ1) is 8.69. The maximum atomic E-state index is 12.9. The summed E-state index contributed by atoms with van der Waals surface area (Å²) in [7, 11) is 0. The quantitative estimate of drug-likeness (QED) is 0.698. The van der Waals surface area contributed by atoms with Crippen molar-refractivity contribution in [2.75, 3.05) is 5.32 Å². The van der Waals surface area contributed by atoms with Crippen molar-refractivity contribution >= 4 is 27.7 Å². The maximum absolute atomic E-state index is 12.9. The van der Waals surface area contributed by atoms with Crippen LogP contribution in [0.1, 0.15) is 15.9 Å². The predicted octanol–water partition coefficient (Wildman–Crippen LogP) is 3.37. The molecule has 1 heterocycles. The number of pyridine rings is 1. The fraction of sp³-hybridized carbons (Fsp3) is 0.0769. The third-order valence-corrected chi connectivity index (χ3v) is 2.97. The monoisotopic (exact) mass is 308 g/mol. The second-order valence-electron chi connectivity index (χ2n) is 3.63. The number of halogens is 2. The van der Waals surface area contributed by atoms with Gasteiger partial charge in [-0.15, -0.1) is 0 Å². The molecule has 2 rings (SSSR count). The molecule has 1 amide bonds. The number of hydrogen-bond acceptors (Lipinski definition) is 2. The van der Waals surface area contributed by atoms with Gasteiger partial charge in [-0.2, -0.15) is 4.39 Å². The lowest BCUT2D eigenvalue weighted by atomic mass is 10.1. The Morgan fingerprint density at radius 3 is 2.56 bits per heavy atom. The topological polar surface area (TPSA) is 42.0 Å². The summed E-state index contributed by atoms with van der Waals surface area (Å²) in [5.41, 5.74) is 1.58. The van der Waals surface area contributed by atoms with E-state index in [4.69, 9.17) is 0 Å². The van der Waals surface area contributed by atoms with Crippen molar-refractivity contribution in [3.8, 4) is 0 Å². The number of benzene rings is 1. The van der Waals surface area contributed by atoms with Gasteiger partial charge >= 0.3 is 0 Å². The highest BCUT2D eigenvalue weighted by molar-refractivity contribution is 9.08. The van der Waals surface area contributed by atoms with Gasteiger partial charge in [-0.3, -0.25) is 4.79 Å². The molecule has 1 aromatic heterocycles. The molecule has 0 saturated heterocycles. The van der Waals surface area contributed by atoms with Crippen LogP contribution in [0.3, 0.4) is 0 Å².